The van der Waals surface area contributed by atoms with E-state index in [-0.39, 0.29) is 0 Å². The molecule has 0 atom stereocenters. The first-order valence-corrected chi connectivity index (χ1v) is 7.06. The van der Waals surface area contributed by atoms with Crippen molar-refractivity contribution < 1.29 is 0 Å². The van der Waals surface area contributed by atoms with E-state index in [2.05, 4.69) is 30.1 Å². The smallest absolute Gasteiger partial charge is 0.0217 e. The highest BCUT2D eigenvalue weighted by molar-refractivity contribution is 7.12. The van der Waals surface area contributed by atoms with Gasteiger partial charge >= 0.3 is 0 Å². The Hall–Kier alpha value is -0.380. The lowest BCUT2D eigenvalue weighted by Gasteiger charge is -2.14. The highest BCUT2D eigenvalue weighted by Gasteiger charge is 2.10. The molecule has 0 aliphatic carbocycles. The van der Waals surface area contributed by atoms with Crippen molar-refractivity contribution >= 4 is 11.3 Å². The number of likely N-dealkylation sites (tertiary alicyclic amines) is 1. The topological polar surface area (TPSA) is 15.3 Å². The Morgan fingerprint density at radius 2 is 2.06 bits per heavy atom. The lowest BCUT2D eigenvalue weighted by atomic mass is 10.2. The summed E-state index contributed by atoms with van der Waals surface area (Å²) in [5.74, 6) is 0. The first-order valence-electron chi connectivity index (χ1n) is 6.24. The normalized spacial score (nSPS) is 17.1. The first-order chi connectivity index (χ1) is 7.75. The highest BCUT2D eigenvalue weighted by Crippen LogP contribution is 2.20. The standard InChI is InChI=1S/C13H22N2S/c1-11-9-13(12(2)16-11)10-14-5-8-15-6-3-4-7-15/h9,14H,3-8,10H2,1-2H3. The molecule has 1 saturated heterocycles. The molecule has 2 nitrogen and oxygen atoms in total. The Kier molecular flexibility index (Phi) is 4.38. The molecule has 90 valence electrons. The van der Waals surface area contributed by atoms with Gasteiger partial charge in [-0.1, -0.05) is 0 Å². The van der Waals surface area contributed by atoms with E-state index in [1.807, 2.05) is 11.3 Å². The van der Waals surface area contributed by atoms with Crippen molar-refractivity contribution in [1.82, 2.24) is 10.2 Å². The van der Waals surface area contributed by atoms with Crippen LogP contribution in [-0.2, 0) is 6.54 Å². The van der Waals surface area contributed by atoms with Gasteiger partial charge in [0.15, 0.2) is 0 Å². The summed E-state index contributed by atoms with van der Waals surface area (Å²) in [5.41, 5.74) is 1.48. The van der Waals surface area contributed by atoms with Gasteiger partial charge in [-0.3, -0.25) is 0 Å². The Labute approximate surface area is 103 Å². The van der Waals surface area contributed by atoms with Gasteiger partial charge in [0.2, 0.25) is 0 Å². The fourth-order valence-electron chi connectivity index (χ4n) is 2.33. The quantitative estimate of drug-likeness (QED) is 0.793. The summed E-state index contributed by atoms with van der Waals surface area (Å²) in [6.45, 7) is 10.4. The minimum absolute atomic E-state index is 1.03. The largest absolute Gasteiger partial charge is 0.311 e. The molecular formula is C13H22N2S. The van der Waals surface area contributed by atoms with Crippen molar-refractivity contribution in [2.75, 3.05) is 26.2 Å². The molecule has 1 N–H and O–H groups in total. The average molecular weight is 238 g/mol. The van der Waals surface area contributed by atoms with Crippen molar-refractivity contribution in [3.63, 3.8) is 0 Å². The van der Waals surface area contributed by atoms with Crippen molar-refractivity contribution in [1.29, 1.82) is 0 Å². The van der Waals surface area contributed by atoms with E-state index < -0.39 is 0 Å². The van der Waals surface area contributed by atoms with E-state index in [1.165, 1.54) is 47.8 Å². The van der Waals surface area contributed by atoms with Gasteiger partial charge in [0.05, 0.1) is 0 Å². The zero-order valence-corrected chi connectivity index (χ0v) is 11.2. The third-order valence-corrected chi connectivity index (χ3v) is 4.27. The molecule has 2 rings (SSSR count). The molecular weight excluding hydrogens is 216 g/mol. The highest BCUT2D eigenvalue weighted by atomic mass is 32.1. The lowest BCUT2D eigenvalue weighted by molar-refractivity contribution is 0.335. The molecule has 0 unspecified atom stereocenters. The molecule has 0 aromatic carbocycles. The predicted molar refractivity (Wildman–Crippen MR) is 71.2 cm³/mol. The maximum Gasteiger partial charge on any atom is 0.0217 e. The summed E-state index contributed by atoms with van der Waals surface area (Å²) in [6, 6.07) is 2.31. The van der Waals surface area contributed by atoms with Crippen LogP contribution in [0.1, 0.15) is 28.2 Å². The minimum atomic E-state index is 1.03. The van der Waals surface area contributed by atoms with Gasteiger partial charge in [-0.05, 0) is 51.4 Å². The number of hydrogen-bond donors (Lipinski definition) is 1. The molecule has 1 aliphatic heterocycles. The molecule has 1 aromatic heterocycles. The number of aryl methyl sites for hydroxylation is 2. The van der Waals surface area contributed by atoms with Gasteiger partial charge in [-0.25, -0.2) is 0 Å². The third-order valence-electron chi connectivity index (χ3n) is 3.26. The second kappa shape index (κ2) is 5.80. The van der Waals surface area contributed by atoms with Crippen molar-refractivity contribution in [3.05, 3.63) is 21.4 Å². The van der Waals surface area contributed by atoms with E-state index >= 15 is 0 Å². The number of thiophene rings is 1. The van der Waals surface area contributed by atoms with Crippen LogP contribution >= 0.6 is 11.3 Å². The fourth-order valence-corrected chi connectivity index (χ4v) is 3.27. The minimum Gasteiger partial charge on any atom is -0.311 e. The van der Waals surface area contributed by atoms with Crippen molar-refractivity contribution in [2.24, 2.45) is 0 Å². The van der Waals surface area contributed by atoms with Crippen LogP contribution < -0.4 is 5.32 Å². The zero-order valence-electron chi connectivity index (χ0n) is 10.4. The van der Waals surface area contributed by atoms with E-state index in [0.29, 0.717) is 0 Å². The fraction of sp³-hybridized carbons (Fsp3) is 0.692. The number of hydrogen-bond acceptors (Lipinski definition) is 3. The van der Waals surface area contributed by atoms with Crippen LogP contribution in [0.3, 0.4) is 0 Å². The molecule has 1 aliphatic rings. The third kappa shape index (κ3) is 3.30. The van der Waals surface area contributed by atoms with E-state index in [4.69, 9.17) is 0 Å². The summed E-state index contributed by atoms with van der Waals surface area (Å²) < 4.78 is 0. The Morgan fingerprint density at radius 3 is 2.69 bits per heavy atom. The van der Waals surface area contributed by atoms with Crippen LogP contribution in [0.5, 0.6) is 0 Å². The molecule has 0 bridgehead atoms. The van der Waals surface area contributed by atoms with Crippen LogP contribution in [0.2, 0.25) is 0 Å². The average Bonchev–Trinajstić information content (AvgIpc) is 2.84. The molecule has 0 spiro atoms. The van der Waals surface area contributed by atoms with Crippen LogP contribution in [0.15, 0.2) is 6.07 Å². The first kappa shape index (κ1) is 12.1. The number of nitrogens with one attached hydrogen (secondary N) is 1. The van der Waals surface area contributed by atoms with E-state index in [0.717, 1.165) is 13.1 Å². The Bertz CT molecular complexity index is 327. The van der Waals surface area contributed by atoms with Crippen molar-refractivity contribution in [3.8, 4) is 0 Å². The molecule has 16 heavy (non-hydrogen) atoms. The van der Waals surface area contributed by atoms with Crippen LogP contribution in [0.25, 0.3) is 0 Å². The Morgan fingerprint density at radius 1 is 1.31 bits per heavy atom. The summed E-state index contributed by atoms with van der Waals surface area (Å²) in [7, 11) is 0. The molecule has 1 fully saturated rings. The van der Waals surface area contributed by atoms with Gasteiger partial charge in [0.1, 0.15) is 0 Å². The van der Waals surface area contributed by atoms with E-state index in [1.54, 1.807) is 0 Å². The Balaban J connectivity index is 1.65. The van der Waals surface area contributed by atoms with Gasteiger partial charge in [-0.2, -0.15) is 0 Å². The van der Waals surface area contributed by atoms with Gasteiger partial charge in [0.25, 0.3) is 0 Å². The molecule has 3 heteroatoms. The predicted octanol–water partition coefficient (Wildman–Crippen LogP) is 2.55. The second-order valence-electron chi connectivity index (χ2n) is 4.66. The second-order valence-corrected chi connectivity index (χ2v) is 6.12. The van der Waals surface area contributed by atoms with Crippen LogP contribution in [-0.4, -0.2) is 31.1 Å². The number of nitrogens with zero attached hydrogens (tertiary/aromatic N) is 1. The van der Waals surface area contributed by atoms with Gasteiger partial charge in [-0.15, -0.1) is 11.3 Å². The van der Waals surface area contributed by atoms with Gasteiger partial charge in [0, 0.05) is 29.4 Å². The maximum absolute atomic E-state index is 3.55. The van der Waals surface area contributed by atoms with Crippen LogP contribution in [0.4, 0.5) is 0 Å². The summed E-state index contributed by atoms with van der Waals surface area (Å²) in [5, 5.41) is 3.55. The van der Waals surface area contributed by atoms with E-state index in [9.17, 15) is 0 Å². The van der Waals surface area contributed by atoms with Crippen molar-refractivity contribution in [2.45, 2.75) is 33.2 Å². The van der Waals surface area contributed by atoms with Gasteiger partial charge < -0.3 is 10.2 Å². The maximum atomic E-state index is 3.55. The van der Waals surface area contributed by atoms with Crippen LogP contribution in [0, 0.1) is 13.8 Å². The molecule has 1 aromatic rings. The SMILES string of the molecule is Cc1cc(CNCCN2CCCC2)c(C)s1. The summed E-state index contributed by atoms with van der Waals surface area (Å²) in [4.78, 5) is 5.44. The molecule has 0 radical (unpaired) electrons. The molecule has 0 saturated carbocycles. The lowest BCUT2D eigenvalue weighted by Crippen LogP contribution is -2.29. The summed E-state index contributed by atoms with van der Waals surface area (Å²) >= 11 is 1.90. The monoisotopic (exact) mass is 238 g/mol. The zero-order chi connectivity index (χ0) is 11.4. The molecule has 0 amide bonds. The molecule has 2 heterocycles. The number of rotatable bonds is 5. The summed E-state index contributed by atoms with van der Waals surface area (Å²) in [6.07, 6.45) is 2.78.